The summed E-state index contributed by atoms with van der Waals surface area (Å²) >= 11 is 6.34. The van der Waals surface area contributed by atoms with E-state index in [0.29, 0.717) is 27.9 Å². The maximum Gasteiger partial charge on any atom is 0.254 e. The van der Waals surface area contributed by atoms with Crippen LogP contribution in [0.15, 0.2) is 47.6 Å². The minimum Gasteiger partial charge on any atom is -0.497 e. The van der Waals surface area contributed by atoms with E-state index in [9.17, 15) is 19.1 Å². The van der Waals surface area contributed by atoms with E-state index in [1.807, 2.05) is 0 Å². The second kappa shape index (κ2) is 12.6. The highest BCUT2D eigenvalue weighted by atomic mass is 35.5. The molecule has 3 aromatic rings. The highest BCUT2D eigenvalue weighted by molar-refractivity contribution is 6.33. The number of amides is 2. The number of carbonyl (C=O) groups is 2. The first kappa shape index (κ1) is 28.5. The van der Waals surface area contributed by atoms with E-state index >= 15 is 0 Å². The average Bonchev–Trinajstić information content (AvgIpc) is 3.25. The Kier molecular flexibility index (Phi) is 8.99. The molecule has 0 saturated heterocycles. The third kappa shape index (κ3) is 6.39. The van der Waals surface area contributed by atoms with E-state index in [-0.39, 0.29) is 41.6 Å². The fourth-order valence-corrected chi connectivity index (χ4v) is 4.33. The van der Waals surface area contributed by atoms with Gasteiger partial charge in [0.15, 0.2) is 5.84 Å². The van der Waals surface area contributed by atoms with Crippen molar-refractivity contribution in [1.29, 1.82) is 5.41 Å². The molecule has 1 aromatic heterocycles. The van der Waals surface area contributed by atoms with Gasteiger partial charge in [0.05, 0.1) is 42.9 Å². The molecule has 4 rings (SSSR count). The molecule has 0 fully saturated rings. The maximum atomic E-state index is 13.9. The van der Waals surface area contributed by atoms with Crippen LogP contribution in [0.5, 0.6) is 5.75 Å². The van der Waals surface area contributed by atoms with Gasteiger partial charge in [0, 0.05) is 30.8 Å². The van der Waals surface area contributed by atoms with Gasteiger partial charge in [-0.1, -0.05) is 23.7 Å². The lowest BCUT2D eigenvalue weighted by atomic mass is 10.0. The second-order valence-electron chi connectivity index (χ2n) is 8.64. The van der Waals surface area contributed by atoms with E-state index in [1.54, 1.807) is 25.2 Å². The number of aliphatic hydroxyl groups excluding tert-OH is 1. The number of hydrogen-bond acceptors (Lipinski definition) is 9. The summed E-state index contributed by atoms with van der Waals surface area (Å²) < 4.78 is 19.0. The highest BCUT2D eigenvalue weighted by Crippen LogP contribution is 2.32. The average molecular weight is 569 g/mol. The quantitative estimate of drug-likeness (QED) is 0.141. The van der Waals surface area contributed by atoms with Crippen molar-refractivity contribution in [2.75, 3.05) is 27.3 Å². The summed E-state index contributed by atoms with van der Waals surface area (Å²) in [4.78, 5) is 39.9. The molecule has 1 aliphatic rings. The molecule has 0 aliphatic carbocycles. The molecule has 2 amide bonds. The zero-order chi connectivity index (χ0) is 28.8. The molecule has 0 saturated carbocycles. The van der Waals surface area contributed by atoms with Gasteiger partial charge in [0.25, 0.3) is 11.9 Å². The summed E-state index contributed by atoms with van der Waals surface area (Å²) in [5, 5.41) is 20.1. The van der Waals surface area contributed by atoms with Crippen molar-refractivity contribution in [2.24, 2.45) is 4.99 Å². The zero-order valence-corrected chi connectivity index (χ0v) is 22.3. The Morgan fingerprint density at radius 2 is 2.15 bits per heavy atom. The molecule has 208 valence electrons. The standard InChI is InChI=1S/C26H26ClFN8O4/c1-30-35-22(9-29)33-26-31-10-20(27)24(34-26)14-3-4-15-11-36(25(39)19(15)7-14)12-23(38)32-21(13-37)16-5-17(28)8-18(6-16)40-2/h3-10,21,29-30,37H,11-13H2,1-2H3,(H,32,38)(H,31,33,34,35)/t21-/m1/s1. The number of ether oxygens (including phenoxy) is 1. The first-order valence-corrected chi connectivity index (χ1v) is 12.4. The summed E-state index contributed by atoms with van der Waals surface area (Å²) in [5.41, 5.74) is 7.64. The van der Waals surface area contributed by atoms with E-state index in [2.05, 4.69) is 31.1 Å². The molecule has 2 heterocycles. The number of fused-ring (bicyclic) bond motifs is 1. The lowest BCUT2D eigenvalue weighted by Crippen LogP contribution is -2.40. The summed E-state index contributed by atoms with van der Waals surface area (Å²) in [7, 11) is 3.00. The van der Waals surface area contributed by atoms with Gasteiger partial charge < -0.3 is 30.9 Å². The van der Waals surface area contributed by atoms with E-state index in [0.717, 1.165) is 6.21 Å². The molecular formula is C26H26ClFN8O4. The number of amidine groups is 1. The number of rotatable bonds is 10. The number of hydrogen-bond donors (Lipinski definition) is 5. The number of methoxy groups -OCH3 is 1. The van der Waals surface area contributed by atoms with Crippen molar-refractivity contribution in [3.05, 3.63) is 70.1 Å². The van der Waals surface area contributed by atoms with Crippen LogP contribution in [0, 0.1) is 11.2 Å². The number of nitrogens with zero attached hydrogens (tertiary/aromatic N) is 4. The van der Waals surface area contributed by atoms with E-state index < -0.39 is 24.4 Å². The van der Waals surface area contributed by atoms with Crippen molar-refractivity contribution in [1.82, 2.24) is 31.0 Å². The first-order chi connectivity index (χ1) is 19.3. The maximum absolute atomic E-state index is 13.9. The Morgan fingerprint density at radius 1 is 1.35 bits per heavy atom. The fourth-order valence-electron chi connectivity index (χ4n) is 4.13. The molecule has 0 unspecified atom stereocenters. The van der Waals surface area contributed by atoms with Crippen molar-refractivity contribution < 1.29 is 23.8 Å². The number of aromatic nitrogens is 2. The monoisotopic (exact) mass is 568 g/mol. The molecule has 40 heavy (non-hydrogen) atoms. The Balaban J connectivity index is 1.50. The predicted octanol–water partition coefficient (Wildman–Crippen LogP) is 2.15. The second-order valence-corrected chi connectivity index (χ2v) is 9.05. The van der Waals surface area contributed by atoms with Crippen LogP contribution >= 0.6 is 11.6 Å². The van der Waals surface area contributed by atoms with E-state index in [4.69, 9.17) is 21.7 Å². The predicted molar refractivity (Wildman–Crippen MR) is 146 cm³/mol. The molecule has 1 aliphatic heterocycles. The minimum atomic E-state index is -0.892. The van der Waals surface area contributed by atoms with Gasteiger partial charge in [-0.25, -0.2) is 19.8 Å². The zero-order valence-electron chi connectivity index (χ0n) is 21.5. The third-order valence-electron chi connectivity index (χ3n) is 5.99. The lowest BCUT2D eigenvalue weighted by molar-refractivity contribution is -0.122. The van der Waals surface area contributed by atoms with Gasteiger partial charge in [0.1, 0.15) is 18.1 Å². The molecule has 14 heteroatoms. The van der Waals surface area contributed by atoms with Crippen LogP contribution in [-0.2, 0) is 11.3 Å². The topological polar surface area (TPSA) is 165 Å². The number of aliphatic imine (C=N–C) groups is 1. The molecule has 0 radical (unpaired) electrons. The fraction of sp³-hybridized carbons (Fsp3) is 0.231. The van der Waals surface area contributed by atoms with Crippen LogP contribution in [0.1, 0.15) is 27.5 Å². The van der Waals surface area contributed by atoms with Crippen LogP contribution in [0.25, 0.3) is 11.3 Å². The van der Waals surface area contributed by atoms with Crippen LogP contribution in [-0.4, -0.2) is 71.1 Å². The Morgan fingerprint density at radius 3 is 2.85 bits per heavy atom. The smallest absolute Gasteiger partial charge is 0.254 e. The number of carbonyl (C=O) groups excluding carboxylic acids is 2. The highest BCUT2D eigenvalue weighted by Gasteiger charge is 2.30. The SMILES string of the molecule is CNNC(C=N)=Nc1ncc(Cl)c(-c2ccc3c(c2)C(=O)N(CC(=O)N[C@H](CO)c2cc(F)cc(OC)c2)C3)n1. The largest absolute Gasteiger partial charge is 0.497 e. The number of halogens is 2. The molecule has 1 atom stereocenters. The van der Waals surface area contributed by atoms with Crippen molar-refractivity contribution >= 4 is 41.4 Å². The molecule has 0 bridgehead atoms. The van der Waals surface area contributed by atoms with Gasteiger partial charge in [-0.3, -0.25) is 9.59 Å². The van der Waals surface area contributed by atoms with Crippen LogP contribution < -0.4 is 20.9 Å². The Bertz CT molecular complexity index is 1490. The normalized spacial score (nSPS) is 13.6. The lowest BCUT2D eigenvalue weighted by Gasteiger charge is -2.20. The number of aliphatic hydroxyl groups is 1. The van der Waals surface area contributed by atoms with Gasteiger partial charge >= 0.3 is 0 Å². The molecular weight excluding hydrogens is 543 g/mol. The van der Waals surface area contributed by atoms with Crippen LogP contribution in [0.4, 0.5) is 10.3 Å². The first-order valence-electron chi connectivity index (χ1n) is 12.0. The molecule has 12 nitrogen and oxygen atoms in total. The van der Waals surface area contributed by atoms with Gasteiger partial charge in [-0.15, -0.1) is 0 Å². The number of nitrogens with one attached hydrogen (secondary N) is 4. The van der Waals surface area contributed by atoms with E-state index in [1.165, 1.54) is 36.4 Å². The molecule has 2 aromatic carbocycles. The minimum absolute atomic E-state index is 0.0557. The molecule has 5 N–H and O–H groups in total. The summed E-state index contributed by atoms with van der Waals surface area (Å²) in [6.45, 7) is -0.553. The van der Waals surface area contributed by atoms with Gasteiger partial charge in [0.2, 0.25) is 5.91 Å². The van der Waals surface area contributed by atoms with Crippen molar-refractivity contribution in [3.63, 3.8) is 0 Å². The van der Waals surface area contributed by atoms with Gasteiger partial charge in [-0.2, -0.15) is 4.99 Å². The summed E-state index contributed by atoms with van der Waals surface area (Å²) in [6.07, 6.45) is 2.37. The third-order valence-corrected chi connectivity index (χ3v) is 6.26. The van der Waals surface area contributed by atoms with Crippen LogP contribution in [0.3, 0.4) is 0 Å². The molecule has 0 spiro atoms. The number of hydrazine groups is 1. The summed E-state index contributed by atoms with van der Waals surface area (Å²) in [5.74, 6) is -0.990. The number of benzene rings is 2. The Labute approximate surface area is 233 Å². The van der Waals surface area contributed by atoms with Crippen molar-refractivity contribution in [2.45, 2.75) is 12.6 Å². The van der Waals surface area contributed by atoms with Crippen LogP contribution in [0.2, 0.25) is 5.02 Å². The van der Waals surface area contributed by atoms with Crippen molar-refractivity contribution in [3.8, 4) is 17.0 Å². The summed E-state index contributed by atoms with van der Waals surface area (Å²) in [6, 6.07) is 8.14. The Hall–Kier alpha value is -4.46. The van der Waals surface area contributed by atoms with Gasteiger partial charge in [-0.05, 0) is 29.3 Å².